The van der Waals surface area contributed by atoms with E-state index in [-0.39, 0.29) is 6.10 Å². The lowest BCUT2D eigenvalue weighted by atomic mass is 9.97. The van der Waals surface area contributed by atoms with Crippen LogP contribution in [0.5, 0.6) is 0 Å². The molecule has 0 saturated carbocycles. The lowest BCUT2D eigenvalue weighted by Crippen LogP contribution is -2.35. The first-order chi connectivity index (χ1) is 8.18. The van der Waals surface area contributed by atoms with Crippen LogP contribution in [-0.2, 0) is 0 Å². The van der Waals surface area contributed by atoms with Crippen LogP contribution < -0.4 is 5.32 Å². The van der Waals surface area contributed by atoms with Crippen molar-refractivity contribution in [3.8, 4) is 0 Å². The number of hydrogen-bond acceptors (Lipinski definition) is 3. The van der Waals surface area contributed by atoms with Gasteiger partial charge in [-0.25, -0.2) is 0 Å². The second kappa shape index (κ2) is 8.90. The number of nitrogens with one attached hydrogen (secondary N) is 1. The van der Waals surface area contributed by atoms with Crippen LogP contribution in [0.3, 0.4) is 0 Å². The monoisotopic (exact) mass is 242 g/mol. The van der Waals surface area contributed by atoms with E-state index in [4.69, 9.17) is 5.11 Å². The highest BCUT2D eigenvalue weighted by atomic mass is 16.3. The molecule has 3 heteroatoms. The van der Waals surface area contributed by atoms with Crippen LogP contribution in [0.4, 0.5) is 0 Å². The van der Waals surface area contributed by atoms with Crippen molar-refractivity contribution in [2.75, 3.05) is 33.2 Å². The molecule has 0 unspecified atom stereocenters. The summed E-state index contributed by atoms with van der Waals surface area (Å²) in [5.41, 5.74) is 0. The van der Waals surface area contributed by atoms with Crippen LogP contribution in [0.1, 0.15) is 45.4 Å². The van der Waals surface area contributed by atoms with Crippen molar-refractivity contribution < 1.29 is 5.11 Å². The van der Waals surface area contributed by atoms with Gasteiger partial charge in [0.1, 0.15) is 0 Å². The maximum absolute atomic E-state index is 9.13. The molecule has 0 aromatic carbocycles. The molecule has 0 aromatic rings. The third-order valence-corrected chi connectivity index (χ3v) is 3.75. The van der Waals surface area contributed by atoms with Crippen LogP contribution >= 0.6 is 0 Å². The quantitative estimate of drug-likeness (QED) is 0.638. The Morgan fingerprint density at radius 1 is 1.24 bits per heavy atom. The van der Waals surface area contributed by atoms with E-state index in [9.17, 15) is 0 Å². The Morgan fingerprint density at radius 3 is 2.59 bits per heavy atom. The number of nitrogens with zero attached hydrogens (tertiary/aromatic N) is 1. The Labute approximate surface area is 107 Å². The highest BCUT2D eigenvalue weighted by Gasteiger charge is 2.15. The van der Waals surface area contributed by atoms with Crippen molar-refractivity contribution >= 4 is 0 Å². The molecule has 1 saturated heterocycles. The first-order valence-electron chi connectivity index (χ1n) is 7.26. The van der Waals surface area contributed by atoms with Crippen LogP contribution in [0.2, 0.25) is 0 Å². The highest BCUT2D eigenvalue weighted by molar-refractivity contribution is 4.71. The van der Waals surface area contributed by atoms with Gasteiger partial charge in [-0.2, -0.15) is 0 Å². The number of aliphatic hydroxyl groups is 1. The summed E-state index contributed by atoms with van der Waals surface area (Å²) in [4.78, 5) is 2.42. The molecule has 0 aromatic heterocycles. The number of aliphatic hydroxyl groups excluding tert-OH is 1. The number of likely N-dealkylation sites (tertiary alicyclic amines) is 1. The van der Waals surface area contributed by atoms with Gasteiger partial charge in [-0.1, -0.05) is 12.8 Å². The SMILES string of the molecule is C[C@H](O)CCCCCNCC1CCN(C)CC1. The molecule has 1 rings (SSSR count). The van der Waals surface area contributed by atoms with Gasteiger partial charge < -0.3 is 15.3 Å². The lowest BCUT2D eigenvalue weighted by molar-refractivity contribution is 0.180. The Kier molecular flexibility index (Phi) is 7.82. The molecule has 17 heavy (non-hydrogen) atoms. The number of hydrogen-bond donors (Lipinski definition) is 2. The van der Waals surface area contributed by atoms with E-state index in [1.54, 1.807) is 0 Å². The van der Waals surface area contributed by atoms with E-state index in [0.29, 0.717) is 0 Å². The van der Waals surface area contributed by atoms with Crippen molar-refractivity contribution in [3.05, 3.63) is 0 Å². The molecule has 1 fully saturated rings. The minimum Gasteiger partial charge on any atom is -0.393 e. The molecular formula is C14H30N2O. The molecule has 1 heterocycles. The maximum Gasteiger partial charge on any atom is 0.0512 e. The van der Waals surface area contributed by atoms with Crippen molar-refractivity contribution in [2.45, 2.75) is 51.6 Å². The second-order valence-corrected chi connectivity index (χ2v) is 5.65. The van der Waals surface area contributed by atoms with E-state index in [1.165, 1.54) is 45.3 Å². The summed E-state index contributed by atoms with van der Waals surface area (Å²) in [7, 11) is 2.21. The van der Waals surface area contributed by atoms with Crippen LogP contribution in [0.25, 0.3) is 0 Å². The van der Waals surface area contributed by atoms with E-state index in [1.807, 2.05) is 6.92 Å². The molecule has 0 amide bonds. The molecular weight excluding hydrogens is 212 g/mol. The largest absolute Gasteiger partial charge is 0.393 e. The Bertz CT molecular complexity index is 177. The molecule has 1 aliphatic rings. The minimum absolute atomic E-state index is 0.123. The van der Waals surface area contributed by atoms with Crippen molar-refractivity contribution in [3.63, 3.8) is 0 Å². The summed E-state index contributed by atoms with van der Waals surface area (Å²) in [5, 5.41) is 12.7. The molecule has 1 atom stereocenters. The van der Waals surface area contributed by atoms with Gasteiger partial charge in [0.05, 0.1) is 6.10 Å². The summed E-state index contributed by atoms with van der Waals surface area (Å²) in [6.07, 6.45) is 7.19. The van der Waals surface area contributed by atoms with E-state index < -0.39 is 0 Å². The molecule has 102 valence electrons. The predicted octanol–water partition coefficient (Wildman–Crippen LogP) is 1.86. The predicted molar refractivity (Wildman–Crippen MR) is 73.2 cm³/mol. The van der Waals surface area contributed by atoms with Crippen LogP contribution in [-0.4, -0.2) is 49.3 Å². The fourth-order valence-corrected chi connectivity index (χ4v) is 2.44. The molecule has 1 aliphatic heterocycles. The number of unbranched alkanes of at least 4 members (excludes halogenated alkanes) is 2. The van der Waals surface area contributed by atoms with E-state index in [0.717, 1.165) is 25.3 Å². The summed E-state index contributed by atoms with van der Waals surface area (Å²) in [6.45, 7) is 6.75. The van der Waals surface area contributed by atoms with Gasteiger partial charge in [0.15, 0.2) is 0 Å². The first-order valence-corrected chi connectivity index (χ1v) is 7.26. The first kappa shape index (κ1) is 14.9. The van der Waals surface area contributed by atoms with Gasteiger partial charge in [0, 0.05) is 0 Å². The normalized spacial score (nSPS) is 20.6. The van der Waals surface area contributed by atoms with Crippen molar-refractivity contribution in [1.29, 1.82) is 0 Å². The van der Waals surface area contributed by atoms with Gasteiger partial charge >= 0.3 is 0 Å². The Morgan fingerprint density at radius 2 is 1.94 bits per heavy atom. The van der Waals surface area contributed by atoms with Crippen LogP contribution in [0.15, 0.2) is 0 Å². The Hall–Kier alpha value is -0.120. The molecule has 0 bridgehead atoms. The molecule has 0 aliphatic carbocycles. The average molecular weight is 242 g/mol. The molecule has 0 spiro atoms. The lowest BCUT2D eigenvalue weighted by Gasteiger charge is -2.29. The van der Waals surface area contributed by atoms with Crippen molar-refractivity contribution in [2.24, 2.45) is 5.92 Å². The Balaban J connectivity index is 1.84. The minimum atomic E-state index is -0.123. The zero-order chi connectivity index (χ0) is 12.5. The van der Waals surface area contributed by atoms with Gasteiger partial charge in [-0.3, -0.25) is 0 Å². The van der Waals surface area contributed by atoms with Crippen molar-refractivity contribution in [1.82, 2.24) is 10.2 Å². The maximum atomic E-state index is 9.13. The van der Waals surface area contributed by atoms with Crippen LogP contribution in [0, 0.1) is 5.92 Å². The average Bonchev–Trinajstić information content (AvgIpc) is 2.30. The summed E-state index contributed by atoms with van der Waals surface area (Å²) < 4.78 is 0. The van der Waals surface area contributed by atoms with E-state index >= 15 is 0 Å². The van der Waals surface area contributed by atoms with E-state index in [2.05, 4.69) is 17.3 Å². The van der Waals surface area contributed by atoms with Gasteiger partial charge in [-0.05, 0) is 71.8 Å². The molecule has 0 radical (unpaired) electrons. The third-order valence-electron chi connectivity index (χ3n) is 3.75. The zero-order valence-electron chi connectivity index (χ0n) is 11.6. The molecule has 2 N–H and O–H groups in total. The summed E-state index contributed by atoms with van der Waals surface area (Å²) >= 11 is 0. The fraction of sp³-hybridized carbons (Fsp3) is 1.00. The third kappa shape index (κ3) is 7.74. The molecule has 3 nitrogen and oxygen atoms in total. The fourth-order valence-electron chi connectivity index (χ4n) is 2.44. The smallest absolute Gasteiger partial charge is 0.0512 e. The second-order valence-electron chi connectivity index (χ2n) is 5.65. The zero-order valence-corrected chi connectivity index (χ0v) is 11.6. The van der Waals surface area contributed by atoms with Gasteiger partial charge in [0.25, 0.3) is 0 Å². The number of rotatable bonds is 8. The number of piperidine rings is 1. The topological polar surface area (TPSA) is 35.5 Å². The van der Waals surface area contributed by atoms with Gasteiger partial charge in [0.2, 0.25) is 0 Å². The van der Waals surface area contributed by atoms with Gasteiger partial charge in [-0.15, -0.1) is 0 Å². The summed E-state index contributed by atoms with van der Waals surface area (Å²) in [5.74, 6) is 0.892. The standard InChI is InChI=1S/C14H30N2O/c1-13(17)6-4-3-5-9-15-12-14-7-10-16(2)11-8-14/h13-15,17H,3-12H2,1-2H3/t13-/m0/s1. The highest BCUT2D eigenvalue weighted by Crippen LogP contribution is 2.14. The summed E-state index contributed by atoms with van der Waals surface area (Å²) in [6, 6.07) is 0.